The van der Waals surface area contributed by atoms with Crippen LogP contribution in [0.5, 0.6) is 0 Å². The van der Waals surface area contributed by atoms with Crippen LogP contribution in [-0.4, -0.2) is 5.78 Å². The van der Waals surface area contributed by atoms with Crippen molar-refractivity contribution in [2.75, 3.05) is 0 Å². The largest absolute Gasteiger partial charge is 0.295 e. The lowest BCUT2D eigenvalue weighted by atomic mass is 9.80. The van der Waals surface area contributed by atoms with Crippen molar-refractivity contribution in [3.63, 3.8) is 0 Å². The highest BCUT2D eigenvalue weighted by Gasteiger charge is 2.21. The van der Waals surface area contributed by atoms with Gasteiger partial charge in [-0.1, -0.05) is 26.0 Å². The average molecular weight is 192 g/mol. The summed E-state index contributed by atoms with van der Waals surface area (Å²) in [6.07, 6.45) is 7.42. The quantitative estimate of drug-likeness (QED) is 0.623. The van der Waals surface area contributed by atoms with Crippen LogP contribution in [0.15, 0.2) is 24.3 Å². The van der Waals surface area contributed by atoms with Gasteiger partial charge in [-0.3, -0.25) is 4.79 Å². The van der Waals surface area contributed by atoms with Gasteiger partial charge in [0.15, 0.2) is 5.78 Å². The lowest BCUT2D eigenvalue weighted by molar-refractivity contribution is -0.115. The Balaban J connectivity index is 2.52. The summed E-state index contributed by atoms with van der Waals surface area (Å²) in [6, 6.07) is 0. The molecule has 1 rings (SSSR count). The summed E-state index contributed by atoms with van der Waals surface area (Å²) >= 11 is 0. The van der Waals surface area contributed by atoms with Gasteiger partial charge >= 0.3 is 0 Å². The maximum atomic E-state index is 11.7. The van der Waals surface area contributed by atoms with E-state index in [4.69, 9.17) is 0 Å². The number of Topliss-reactive ketones (excluding diaryl/α,β-unsaturated/α-hetero) is 1. The number of carbonyl (C=O) groups is 1. The molecule has 0 heterocycles. The van der Waals surface area contributed by atoms with E-state index in [0.29, 0.717) is 18.1 Å². The van der Waals surface area contributed by atoms with Crippen LogP contribution in [0.3, 0.4) is 0 Å². The first-order valence-corrected chi connectivity index (χ1v) is 5.48. The highest BCUT2D eigenvalue weighted by atomic mass is 16.1. The zero-order chi connectivity index (χ0) is 10.6. The fraction of sp³-hybridized carbons (Fsp3) is 0.615. The molecular formula is C13H20O. The SMILES string of the molecule is C=CCCC(=O)C1=CC[C@H](C)[C@@H](C)C1. The molecule has 2 atom stereocenters. The Labute approximate surface area is 86.9 Å². The smallest absolute Gasteiger partial charge is 0.158 e. The van der Waals surface area contributed by atoms with E-state index in [1.54, 1.807) is 0 Å². The molecule has 0 unspecified atom stereocenters. The minimum Gasteiger partial charge on any atom is -0.295 e. The van der Waals surface area contributed by atoms with Crippen LogP contribution in [0, 0.1) is 11.8 Å². The Morgan fingerprint density at radius 2 is 2.29 bits per heavy atom. The summed E-state index contributed by atoms with van der Waals surface area (Å²) in [7, 11) is 0. The van der Waals surface area contributed by atoms with Crippen LogP contribution >= 0.6 is 0 Å². The van der Waals surface area contributed by atoms with Gasteiger partial charge in [0.2, 0.25) is 0 Å². The maximum Gasteiger partial charge on any atom is 0.158 e. The molecule has 1 aliphatic rings. The summed E-state index contributed by atoms with van der Waals surface area (Å²) in [5.41, 5.74) is 1.05. The molecule has 0 aromatic carbocycles. The molecule has 1 heteroatoms. The molecule has 0 saturated carbocycles. The normalized spacial score (nSPS) is 26.9. The molecule has 1 nitrogen and oxygen atoms in total. The highest BCUT2D eigenvalue weighted by Crippen LogP contribution is 2.29. The Kier molecular flexibility index (Phi) is 4.12. The number of ketones is 1. The third kappa shape index (κ3) is 2.83. The van der Waals surface area contributed by atoms with Gasteiger partial charge in [-0.25, -0.2) is 0 Å². The fourth-order valence-corrected chi connectivity index (χ4v) is 1.81. The van der Waals surface area contributed by atoms with Gasteiger partial charge in [-0.2, -0.15) is 0 Å². The van der Waals surface area contributed by atoms with Gasteiger partial charge in [-0.15, -0.1) is 6.58 Å². The van der Waals surface area contributed by atoms with Gasteiger partial charge in [0, 0.05) is 6.42 Å². The molecule has 14 heavy (non-hydrogen) atoms. The average Bonchev–Trinajstić information content (AvgIpc) is 2.18. The second-order valence-electron chi connectivity index (χ2n) is 4.37. The second-order valence-corrected chi connectivity index (χ2v) is 4.37. The van der Waals surface area contributed by atoms with Crippen molar-refractivity contribution in [2.24, 2.45) is 11.8 Å². The van der Waals surface area contributed by atoms with Gasteiger partial charge in [0.25, 0.3) is 0 Å². The third-order valence-corrected chi connectivity index (χ3v) is 3.18. The minimum absolute atomic E-state index is 0.323. The summed E-state index contributed by atoms with van der Waals surface area (Å²) in [6.45, 7) is 8.12. The van der Waals surface area contributed by atoms with E-state index in [-0.39, 0.29) is 0 Å². The summed E-state index contributed by atoms with van der Waals surface area (Å²) < 4.78 is 0. The highest BCUT2D eigenvalue weighted by molar-refractivity contribution is 5.95. The molecule has 1 aliphatic carbocycles. The van der Waals surface area contributed by atoms with Crippen LogP contribution in [0.4, 0.5) is 0 Å². The number of rotatable bonds is 4. The van der Waals surface area contributed by atoms with Crippen LogP contribution < -0.4 is 0 Å². The first kappa shape index (κ1) is 11.2. The van der Waals surface area contributed by atoms with Crippen molar-refractivity contribution in [3.05, 3.63) is 24.3 Å². The number of allylic oxidation sites excluding steroid dienone is 3. The number of carbonyl (C=O) groups excluding carboxylic acids is 1. The zero-order valence-electron chi connectivity index (χ0n) is 9.25. The Morgan fingerprint density at radius 3 is 2.86 bits per heavy atom. The first-order valence-electron chi connectivity index (χ1n) is 5.48. The molecule has 0 amide bonds. The van der Waals surface area contributed by atoms with E-state index < -0.39 is 0 Å². The molecule has 0 fully saturated rings. The van der Waals surface area contributed by atoms with Crippen LogP contribution in [-0.2, 0) is 4.79 Å². The molecule has 0 N–H and O–H groups in total. The van der Waals surface area contributed by atoms with Gasteiger partial charge in [0.05, 0.1) is 0 Å². The monoisotopic (exact) mass is 192 g/mol. The Morgan fingerprint density at radius 1 is 1.57 bits per heavy atom. The molecule has 0 saturated heterocycles. The first-order chi connectivity index (χ1) is 6.65. The van der Waals surface area contributed by atoms with Gasteiger partial charge in [-0.05, 0) is 36.7 Å². The van der Waals surface area contributed by atoms with Crippen molar-refractivity contribution >= 4 is 5.78 Å². The van der Waals surface area contributed by atoms with E-state index in [1.165, 1.54) is 0 Å². The molecule has 78 valence electrons. The van der Waals surface area contributed by atoms with Crippen LogP contribution in [0.1, 0.15) is 39.5 Å². The van der Waals surface area contributed by atoms with Crippen molar-refractivity contribution in [2.45, 2.75) is 39.5 Å². The number of hydrogen-bond acceptors (Lipinski definition) is 1. The van der Waals surface area contributed by atoms with Crippen molar-refractivity contribution in [3.8, 4) is 0 Å². The van der Waals surface area contributed by atoms with Crippen molar-refractivity contribution < 1.29 is 4.79 Å². The van der Waals surface area contributed by atoms with Crippen LogP contribution in [0.2, 0.25) is 0 Å². The van der Waals surface area contributed by atoms with E-state index in [1.807, 2.05) is 6.08 Å². The molecular weight excluding hydrogens is 172 g/mol. The predicted molar refractivity (Wildman–Crippen MR) is 60.1 cm³/mol. The zero-order valence-corrected chi connectivity index (χ0v) is 9.25. The lowest BCUT2D eigenvalue weighted by Gasteiger charge is -2.24. The second kappa shape index (κ2) is 5.14. The lowest BCUT2D eigenvalue weighted by Crippen LogP contribution is -2.17. The Bertz CT molecular complexity index is 250. The predicted octanol–water partition coefficient (Wildman–Crippen LogP) is 3.51. The van der Waals surface area contributed by atoms with Gasteiger partial charge < -0.3 is 0 Å². The van der Waals surface area contributed by atoms with E-state index in [0.717, 1.165) is 30.8 Å². The van der Waals surface area contributed by atoms with Crippen LogP contribution in [0.25, 0.3) is 0 Å². The third-order valence-electron chi connectivity index (χ3n) is 3.18. The fourth-order valence-electron chi connectivity index (χ4n) is 1.81. The van der Waals surface area contributed by atoms with E-state index in [2.05, 4.69) is 26.5 Å². The van der Waals surface area contributed by atoms with Crippen molar-refractivity contribution in [1.29, 1.82) is 0 Å². The molecule has 0 aromatic heterocycles. The van der Waals surface area contributed by atoms with E-state index in [9.17, 15) is 4.79 Å². The van der Waals surface area contributed by atoms with Crippen molar-refractivity contribution in [1.82, 2.24) is 0 Å². The standard InChI is InChI=1S/C13H20O/c1-4-5-6-13(14)12-8-7-10(2)11(3)9-12/h4,8,10-11H,1,5-7,9H2,2-3H3/t10-,11-/m0/s1. The number of hydrogen-bond donors (Lipinski definition) is 0. The topological polar surface area (TPSA) is 17.1 Å². The molecule has 0 spiro atoms. The summed E-state index contributed by atoms with van der Waals surface area (Å²) in [4.78, 5) is 11.7. The molecule has 0 aromatic rings. The maximum absolute atomic E-state index is 11.7. The summed E-state index contributed by atoms with van der Waals surface area (Å²) in [5.74, 6) is 1.71. The molecule has 0 aliphatic heterocycles. The molecule has 0 bridgehead atoms. The Hall–Kier alpha value is -0.850. The van der Waals surface area contributed by atoms with E-state index >= 15 is 0 Å². The minimum atomic E-state index is 0.323. The summed E-state index contributed by atoms with van der Waals surface area (Å²) in [5, 5.41) is 0. The van der Waals surface area contributed by atoms with Gasteiger partial charge in [0.1, 0.15) is 0 Å². The molecule has 0 radical (unpaired) electrons.